The number of phenolic OH excluding ortho intramolecular Hbond substituents is 1. The average molecular weight is 331 g/mol. The number of rotatable bonds is 4. The Balaban J connectivity index is 1.79. The van der Waals surface area contributed by atoms with Crippen LogP contribution in [0.15, 0.2) is 54.6 Å². The van der Waals surface area contributed by atoms with E-state index in [1.165, 1.54) is 4.80 Å². The summed E-state index contributed by atoms with van der Waals surface area (Å²) in [6, 6.07) is 17.3. The predicted molar refractivity (Wildman–Crippen MR) is 97.0 cm³/mol. The zero-order chi connectivity index (χ0) is 17.4. The number of phenols is 1. The van der Waals surface area contributed by atoms with E-state index < -0.39 is 0 Å². The van der Waals surface area contributed by atoms with Gasteiger partial charge >= 0.3 is 0 Å². The number of aromatic hydroxyl groups is 1. The van der Waals surface area contributed by atoms with Gasteiger partial charge in [-0.2, -0.15) is 0 Å². The lowest BCUT2D eigenvalue weighted by atomic mass is 10.1. The molecule has 0 aliphatic heterocycles. The molecular weight excluding hydrogens is 314 g/mol. The van der Waals surface area contributed by atoms with Gasteiger partial charge in [-0.25, -0.2) is 0 Å². The van der Waals surface area contributed by atoms with E-state index in [1.807, 2.05) is 48.5 Å². The molecule has 0 spiro atoms. The number of hydrogen-bond donors (Lipinski definition) is 1. The molecule has 5 nitrogen and oxygen atoms in total. The molecule has 5 heteroatoms. The first-order valence-corrected chi connectivity index (χ1v) is 8.18. The van der Waals surface area contributed by atoms with E-state index in [0.29, 0.717) is 18.5 Å². The number of aryl methyl sites for hydroxylation is 1. The fraction of sp³-hybridized carbons (Fsp3) is 0.150. The maximum absolute atomic E-state index is 11.2. The minimum absolute atomic E-state index is 0.108. The Morgan fingerprint density at radius 2 is 1.64 bits per heavy atom. The van der Waals surface area contributed by atoms with Crippen LogP contribution in [0.4, 0.5) is 0 Å². The number of nitrogens with zero attached hydrogens (tertiary/aromatic N) is 3. The third-order valence-electron chi connectivity index (χ3n) is 4.27. The van der Waals surface area contributed by atoms with Gasteiger partial charge in [0.05, 0.1) is 0 Å². The highest BCUT2D eigenvalue weighted by Gasteiger charge is 2.11. The Morgan fingerprint density at radius 1 is 1.00 bits per heavy atom. The summed E-state index contributed by atoms with van der Waals surface area (Å²) in [4.78, 5) is 12.6. The fourth-order valence-electron chi connectivity index (χ4n) is 2.92. The fourth-order valence-corrected chi connectivity index (χ4v) is 2.92. The third-order valence-corrected chi connectivity index (χ3v) is 4.27. The molecule has 0 fully saturated rings. The first kappa shape index (κ1) is 15.3. The normalized spacial score (nSPS) is 11.2. The van der Waals surface area contributed by atoms with Gasteiger partial charge < -0.3 is 9.90 Å². The summed E-state index contributed by atoms with van der Waals surface area (Å²) < 4.78 is 0. The third kappa shape index (κ3) is 2.96. The monoisotopic (exact) mass is 331 g/mol. The smallest absolute Gasteiger partial charge is 0.143 e. The lowest BCUT2D eigenvalue weighted by Crippen LogP contribution is -2.01. The quantitative estimate of drug-likeness (QED) is 0.617. The van der Waals surface area contributed by atoms with Crippen LogP contribution in [0.2, 0.25) is 0 Å². The molecule has 0 amide bonds. The highest BCUT2D eigenvalue weighted by atomic mass is 16.3. The number of carbonyl (C=O) groups excluding carboxylic acids is 1. The standard InChI is InChI=1S/C20H17N3O2/c1-13(24)6-7-14-8-9-20(25)19(10-14)23-21-17-11-15-4-2-3-5-16(15)12-18(17)22-23/h2-5,8-12,25H,6-7H2,1H3. The molecule has 124 valence electrons. The van der Waals surface area contributed by atoms with Crippen LogP contribution in [0.1, 0.15) is 18.9 Å². The highest BCUT2D eigenvalue weighted by Crippen LogP contribution is 2.25. The number of carbonyl (C=O) groups is 1. The van der Waals surface area contributed by atoms with Crippen molar-refractivity contribution in [1.82, 2.24) is 15.0 Å². The van der Waals surface area contributed by atoms with Crippen LogP contribution in [0.5, 0.6) is 5.75 Å². The van der Waals surface area contributed by atoms with Gasteiger partial charge in [0.15, 0.2) is 0 Å². The Kier molecular flexibility index (Phi) is 3.69. The summed E-state index contributed by atoms with van der Waals surface area (Å²) in [6.07, 6.45) is 1.11. The summed E-state index contributed by atoms with van der Waals surface area (Å²) in [5.74, 6) is 0.251. The Hall–Kier alpha value is -3.21. The Labute approximate surface area is 144 Å². The second kappa shape index (κ2) is 6.02. The molecule has 0 saturated heterocycles. The minimum Gasteiger partial charge on any atom is -0.506 e. The molecule has 1 aromatic heterocycles. The van der Waals surface area contributed by atoms with Gasteiger partial charge in [-0.15, -0.1) is 15.0 Å². The summed E-state index contributed by atoms with van der Waals surface area (Å²) in [6.45, 7) is 1.58. The lowest BCUT2D eigenvalue weighted by molar-refractivity contribution is -0.116. The van der Waals surface area contributed by atoms with Crippen molar-refractivity contribution < 1.29 is 9.90 Å². The first-order chi connectivity index (χ1) is 12.1. The van der Waals surface area contributed by atoms with Gasteiger partial charge in [0.25, 0.3) is 0 Å². The van der Waals surface area contributed by atoms with Gasteiger partial charge in [0.2, 0.25) is 0 Å². The van der Waals surface area contributed by atoms with E-state index in [1.54, 1.807) is 13.0 Å². The van der Waals surface area contributed by atoms with Crippen molar-refractivity contribution >= 4 is 27.6 Å². The second-order valence-electron chi connectivity index (χ2n) is 6.20. The molecule has 1 N–H and O–H groups in total. The Morgan fingerprint density at radius 3 is 2.24 bits per heavy atom. The molecule has 25 heavy (non-hydrogen) atoms. The van der Waals surface area contributed by atoms with Crippen LogP contribution in [0.3, 0.4) is 0 Å². The summed E-state index contributed by atoms with van der Waals surface area (Å²) in [5.41, 5.74) is 3.02. The van der Waals surface area contributed by atoms with Crippen molar-refractivity contribution in [3.05, 3.63) is 60.2 Å². The Bertz CT molecular complexity index is 1050. The molecule has 3 aromatic carbocycles. The summed E-state index contributed by atoms with van der Waals surface area (Å²) in [5, 5.41) is 21.4. The van der Waals surface area contributed by atoms with E-state index in [4.69, 9.17) is 0 Å². The second-order valence-corrected chi connectivity index (χ2v) is 6.20. The van der Waals surface area contributed by atoms with Crippen molar-refractivity contribution in [1.29, 1.82) is 0 Å². The highest BCUT2D eigenvalue weighted by molar-refractivity contribution is 5.94. The van der Waals surface area contributed by atoms with E-state index in [0.717, 1.165) is 27.4 Å². The minimum atomic E-state index is 0.108. The average Bonchev–Trinajstić information content (AvgIpc) is 3.01. The summed E-state index contributed by atoms with van der Waals surface area (Å²) in [7, 11) is 0. The number of benzene rings is 3. The van der Waals surface area contributed by atoms with Gasteiger partial charge in [-0.05, 0) is 53.9 Å². The van der Waals surface area contributed by atoms with Crippen LogP contribution < -0.4 is 0 Å². The molecule has 4 aromatic rings. The van der Waals surface area contributed by atoms with E-state index in [2.05, 4.69) is 10.2 Å². The zero-order valence-corrected chi connectivity index (χ0v) is 13.8. The SMILES string of the molecule is CC(=O)CCc1ccc(O)c(-n2nc3cc4ccccc4cc3n2)c1. The number of fused-ring (bicyclic) bond motifs is 2. The number of hydrogen-bond acceptors (Lipinski definition) is 4. The number of Topliss-reactive ketones (excluding diaryl/α,β-unsaturated/α-hetero) is 1. The van der Waals surface area contributed by atoms with Gasteiger partial charge in [-0.3, -0.25) is 0 Å². The van der Waals surface area contributed by atoms with Crippen LogP contribution in [-0.2, 0) is 11.2 Å². The van der Waals surface area contributed by atoms with E-state index in [-0.39, 0.29) is 11.5 Å². The van der Waals surface area contributed by atoms with Crippen molar-refractivity contribution in [2.24, 2.45) is 0 Å². The molecule has 0 bridgehead atoms. The molecule has 4 rings (SSSR count). The van der Waals surface area contributed by atoms with Crippen LogP contribution in [0.25, 0.3) is 27.5 Å². The van der Waals surface area contributed by atoms with Crippen molar-refractivity contribution in [3.8, 4) is 11.4 Å². The molecule has 0 aliphatic carbocycles. The van der Waals surface area contributed by atoms with Crippen molar-refractivity contribution in [3.63, 3.8) is 0 Å². The molecule has 0 radical (unpaired) electrons. The van der Waals surface area contributed by atoms with Gasteiger partial charge in [0, 0.05) is 6.42 Å². The van der Waals surface area contributed by atoms with Crippen LogP contribution in [-0.4, -0.2) is 25.9 Å². The van der Waals surface area contributed by atoms with Crippen LogP contribution >= 0.6 is 0 Å². The summed E-state index contributed by atoms with van der Waals surface area (Å²) >= 11 is 0. The molecule has 0 aliphatic rings. The topological polar surface area (TPSA) is 68.0 Å². The predicted octanol–water partition coefficient (Wildman–Crippen LogP) is 3.80. The molecule has 0 atom stereocenters. The largest absolute Gasteiger partial charge is 0.506 e. The van der Waals surface area contributed by atoms with Gasteiger partial charge in [-0.1, -0.05) is 30.3 Å². The lowest BCUT2D eigenvalue weighted by Gasteiger charge is -2.06. The van der Waals surface area contributed by atoms with E-state index in [9.17, 15) is 9.90 Å². The number of aromatic nitrogens is 3. The van der Waals surface area contributed by atoms with E-state index >= 15 is 0 Å². The number of ketones is 1. The van der Waals surface area contributed by atoms with Crippen molar-refractivity contribution in [2.75, 3.05) is 0 Å². The zero-order valence-electron chi connectivity index (χ0n) is 13.8. The first-order valence-electron chi connectivity index (χ1n) is 8.18. The molecular formula is C20H17N3O2. The van der Waals surface area contributed by atoms with Crippen molar-refractivity contribution in [2.45, 2.75) is 19.8 Å². The maximum Gasteiger partial charge on any atom is 0.143 e. The molecule has 0 unspecified atom stereocenters. The van der Waals surface area contributed by atoms with Crippen LogP contribution in [0, 0.1) is 0 Å². The van der Waals surface area contributed by atoms with Gasteiger partial charge in [0.1, 0.15) is 28.3 Å². The molecule has 1 heterocycles. The maximum atomic E-state index is 11.2. The molecule has 0 saturated carbocycles.